The van der Waals surface area contributed by atoms with Gasteiger partial charge in [0.2, 0.25) is 11.8 Å². The van der Waals surface area contributed by atoms with Gasteiger partial charge in [0.25, 0.3) is 5.91 Å². The van der Waals surface area contributed by atoms with E-state index in [0.717, 1.165) is 5.56 Å². The maximum absolute atomic E-state index is 12.1. The summed E-state index contributed by atoms with van der Waals surface area (Å²) in [6.45, 7) is 3.99. The van der Waals surface area contributed by atoms with Crippen molar-refractivity contribution in [3.63, 3.8) is 0 Å². The van der Waals surface area contributed by atoms with Crippen molar-refractivity contribution in [1.82, 2.24) is 15.5 Å². The molecule has 0 saturated heterocycles. The molecule has 4 N–H and O–H groups in total. The fraction of sp³-hybridized carbons (Fsp3) is 0.471. The lowest BCUT2D eigenvalue weighted by Crippen LogP contribution is -2.47. The molecular weight excluding hydrogens is 308 g/mol. The minimum atomic E-state index is -0.625. The van der Waals surface area contributed by atoms with E-state index in [4.69, 9.17) is 5.73 Å². The molecule has 0 bridgehead atoms. The summed E-state index contributed by atoms with van der Waals surface area (Å²) in [6, 6.07) is 6.37. The molecule has 7 heteroatoms. The van der Waals surface area contributed by atoms with Gasteiger partial charge in [0.15, 0.2) is 0 Å². The molecule has 0 spiro atoms. The second-order valence-corrected chi connectivity index (χ2v) is 6.01. The summed E-state index contributed by atoms with van der Waals surface area (Å²) >= 11 is 0. The molecule has 0 saturated carbocycles. The van der Waals surface area contributed by atoms with E-state index in [1.807, 2.05) is 13.8 Å². The normalized spacial score (nSPS) is 11.8. The highest BCUT2D eigenvalue weighted by Crippen LogP contribution is 2.07. The van der Waals surface area contributed by atoms with Crippen molar-refractivity contribution < 1.29 is 14.4 Å². The fourth-order valence-electron chi connectivity index (χ4n) is 1.99. The molecule has 7 nitrogen and oxygen atoms in total. The molecule has 0 aromatic heterocycles. The second-order valence-electron chi connectivity index (χ2n) is 6.01. The predicted molar refractivity (Wildman–Crippen MR) is 92.1 cm³/mol. The van der Waals surface area contributed by atoms with Crippen molar-refractivity contribution in [1.29, 1.82) is 0 Å². The zero-order chi connectivity index (χ0) is 18.3. The van der Waals surface area contributed by atoms with Gasteiger partial charge in [0.05, 0.1) is 12.6 Å². The smallest absolute Gasteiger partial charge is 0.251 e. The number of nitrogens with one attached hydrogen (secondary N) is 2. The lowest BCUT2D eigenvalue weighted by Gasteiger charge is -2.19. The molecule has 1 atom stereocenters. The maximum atomic E-state index is 12.1. The first-order chi connectivity index (χ1) is 11.3. The molecule has 0 aliphatic carbocycles. The van der Waals surface area contributed by atoms with Crippen molar-refractivity contribution in [3.8, 4) is 0 Å². The number of hydrogen-bond donors (Lipinski definition) is 3. The minimum absolute atomic E-state index is 0.0108. The Kier molecular flexibility index (Phi) is 7.38. The molecule has 0 heterocycles. The molecular formula is C17H26N4O3. The number of carbonyl (C=O) groups is 3. The van der Waals surface area contributed by atoms with Crippen LogP contribution in [0.5, 0.6) is 0 Å². The van der Waals surface area contributed by atoms with Crippen LogP contribution >= 0.6 is 0 Å². The lowest BCUT2D eigenvalue weighted by molar-refractivity contribution is -0.132. The molecule has 0 aliphatic rings. The Morgan fingerprint density at radius 2 is 1.75 bits per heavy atom. The zero-order valence-corrected chi connectivity index (χ0v) is 14.6. The third kappa shape index (κ3) is 5.66. The van der Waals surface area contributed by atoms with Gasteiger partial charge in [-0.15, -0.1) is 0 Å². The molecule has 24 heavy (non-hydrogen) atoms. The van der Waals surface area contributed by atoms with Crippen LogP contribution in [-0.2, 0) is 16.1 Å². The van der Waals surface area contributed by atoms with Crippen LogP contribution < -0.4 is 16.4 Å². The number of likely N-dealkylation sites (N-methyl/N-ethyl adjacent to an activating group) is 1. The highest BCUT2D eigenvalue weighted by molar-refractivity contribution is 5.94. The summed E-state index contributed by atoms with van der Waals surface area (Å²) in [5.41, 5.74) is 7.18. The SMILES string of the molecule is CNC(=O)c1ccc(CN(C)C(=O)CNC(=O)[C@@H](N)C(C)C)cc1. The number of hydrogen-bond acceptors (Lipinski definition) is 4. The Morgan fingerprint density at radius 3 is 2.25 bits per heavy atom. The second kappa shape index (κ2) is 9.02. The molecule has 0 fully saturated rings. The lowest BCUT2D eigenvalue weighted by atomic mass is 10.1. The van der Waals surface area contributed by atoms with Crippen LogP contribution in [0.1, 0.15) is 29.8 Å². The number of nitrogens with zero attached hydrogens (tertiary/aromatic N) is 1. The summed E-state index contributed by atoms with van der Waals surface area (Å²) in [5, 5.41) is 5.10. The van der Waals surface area contributed by atoms with Crippen molar-refractivity contribution in [2.75, 3.05) is 20.6 Å². The summed E-state index contributed by atoms with van der Waals surface area (Å²) in [6.07, 6.45) is 0. The van der Waals surface area contributed by atoms with Gasteiger partial charge in [0, 0.05) is 26.2 Å². The van der Waals surface area contributed by atoms with Crippen LogP contribution in [0.2, 0.25) is 0 Å². The average Bonchev–Trinajstić information content (AvgIpc) is 2.58. The Bertz CT molecular complexity index is 584. The van der Waals surface area contributed by atoms with Crippen LogP contribution in [-0.4, -0.2) is 49.3 Å². The van der Waals surface area contributed by atoms with Crippen molar-refractivity contribution in [2.24, 2.45) is 11.7 Å². The van der Waals surface area contributed by atoms with E-state index in [-0.39, 0.29) is 30.2 Å². The molecule has 0 aliphatic heterocycles. The van der Waals surface area contributed by atoms with Crippen LogP contribution in [0.25, 0.3) is 0 Å². The third-order valence-corrected chi connectivity index (χ3v) is 3.72. The molecule has 1 aromatic rings. The number of rotatable bonds is 7. The van der Waals surface area contributed by atoms with E-state index in [2.05, 4.69) is 10.6 Å². The number of nitrogens with two attached hydrogens (primary N) is 1. The van der Waals surface area contributed by atoms with Crippen LogP contribution in [0.4, 0.5) is 0 Å². The monoisotopic (exact) mass is 334 g/mol. The van der Waals surface area contributed by atoms with Gasteiger partial charge in [0.1, 0.15) is 0 Å². The Hall–Kier alpha value is -2.41. The van der Waals surface area contributed by atoms with Crippen LogP contribution in [0.3, 0.4) is 0 Å². The van der Waals surface area contributed by atoms with Crippen molar-refractivity contribution >= 4 is 17.7 Å². The number of benzene rings is 1. The molecule has 0 radical (unpaired) electrons. The Morgan fingerprint density at radius 1 is 1.17 bits per heavy atom. The highest BCUT2D eigenvalue weighted by atomic mass is 16.2. The number of carbonyl (C=O) groups excluding carboxylic acids is 3. The number of amides is 3. The largest absolute Gasteiger partial charge is 0.355 e. The molecule has 1 aromatic carbocycles. The summed E-state index contributed by atoms with van der Waals surface area (Å²) in [7, 11) is 3.23. The zero-order valence-electron chi connectivity index (χ0n) is 14.6. The van der Waals surface area contributed by atoms with Crippen LogP contribution in [0, 0.1) is 5.92 Å². The van der Waals surface area contributed by atoms with Crippen molar-refractivity contribution in [3.05, 3.63) is 35.4 Å². The highest BCUT2D eigenvalue weighted by Gasteiger charge is 2.18. The Balaban J connectivity index is 2.52. The van der Waals surface area contributed by atoms with Crippen LogP contribution in [0.15, 0.2) is 24.3 Å². The van der Waals surface area contributed by atoms with E-state index in [1.165, 1.54) is 4.90 Å². The molecule has 132 valence electrons. The van der Waals surface area contributed by atoms with E-state index < -0.39 is 6.04 Å². The van der Waals surface area contributed by atoms with Gasteiger partial charge in [-0.3, -0.25) is 14.4 Å². The van der Waals surface area contributed by atoms with Gasteiger partial charge in [-0.05, 0) is 23.6 Å². The predicted octanol–water partition coefficient (Wildman–Crippen LogP) is 0.104. The third-order valence-electron chi connectivity index (χ3n) is 3.72. The van der Waals surface area contributed by atoms with Gasteiger partial charge in [-0.2, -0.15) is 0 Å². The van der Waals surface area contributed by atoms with E-state index in [1.54, 1.807) is 38.4 Å². The van der Waals surface area contributed by atoms with E-state index in [0.29, 0.717) is 12.1 Å². The average molecular weight is 334 g/mol. The summed E-state index contributed by atoms with van der Waals surface area (Å²) < 4.78 is 0. The van der Waals surface area contributed by atoms with Gasteiger partial charge < -0.3 is 21.3 Å². The first-order valence-corrected chi connectivity index (χ1v) is 7.84. The van der Waals surface area contributed by atoms with Crippen molar-refractivity contribution in [2.45, 2.75) is 26.4 Å². The van der Waals surface area contributed by atoms with Gasteiger partial charge in [-0.1, -0.05) is 26.0 Å². The van der Waals surface area contributed by atoms with Gasteiger partial charge >= 0.3 is 0 Å². The molecule has 0 unspecified atom stereocenters. The fourth-order valence-corrected chi connectivity index (χ4v) is 1.99. The first kappa shape index (κ1) is 19.6. The summed E-state index contributed by atoms with van der Waals surface area (Å²) in [5.74, 6) is -0.691. The first-order valence-electron chi connectivity index (χ1n) is 7.84. The molecule has 1 rings (SSSR count). The topological polar surface area (TPSA) is 105 Å². The summed E-state index contributed by atoms with van der Waals surface area (Å²) in [4.78, 5) is 36.8. The molecule has 3 amide bonds. The van der Waals surface area contributed by atoms with E-state index >= 15 is 0 Å². The Labute approximate surface area is 142 Å². The minimum Gasteiger partial charge on any atom is -0.355 e. The standard InChI is InChI=1S/C17H26N4O3/c1-11(2)15(18)17(24)20-9-14(22)21(4)10-12-5-7-13(8-6-12)16(23)19-3/h5-8,11,15H,9-10,18H2,1-4H3,(H,19,23)(H,20,24)/t15-/m0/s1. The maximum Gasteiger partial charge on any atom is 0.251 e. The van der Waals surface area contributed by atoms with E-state index in [9.17, 15) is 14.4 Å². The quantitative estimate of drug-likeness (QED) is 0.658. The van der Waals surface area contributed by atoms with Gasteiger partial charge in [-0.25, -0.2) is 0 Å².